The predicted octanol–water partition coefficient (Wildman–Crippen LogP) is 1.88. The van der Waals surface area contributed by atoms with Crippen LogP contribution in [0.15, 0.2) is 30.5 Å². The monoisotopic (exact) mass is 301 g/mol. The number of hydrogen-bond acceptors (Lipinski definition) is 3. The number of esters is 1. The minimum Gasteiger partial charge on any atom is -0.460 e. The topological polar surface area (TPSA) is 77.6 Å². The molecule has 0 radical (unpaired) electrons. The summed E-state index contributed by atoms with van der Waals surface area (Å²) in [5.41, 5.74) is 6.85. The minimum absolute atomic E-state index is 0.114. The van der Waals surface area contributed by atoms with Crippen molar-refractivity contribution in [2.24, 2.45) is 12.8 Å². The number of urea groups is 1. The summed E-state index contributed by atoms with van der Waals surface area (Å²) in [5, 5.41) is 0.869. The molecule has 6 heteroatoms. The number of carbonyl (C=O) groups excluding carboxylic acids is 2. The molecule has 2 heterocycles. The molecule has 2 aromatic rings. The van der Waals surface area contributed by atoms with Crippen molar-refractivity contribution in [1.82, 2.24) is 9.47 Å². The Morgan fingerprint density at radius 3 is 2.95 bits per heavy atom. The van der Waals surface area contributed by atoms with Gasteiger partial charge in [0.05, 0.1) is 11.6 Å². The number of carbonyl (C=O) groups is 2. The Kier molecular flexibility index (Phi) is 3.75. The molecule has 22 heavy (non-hydrogen) atoms. The Balaban J connectivity index is 1.73. The Morgan fingerprint density at radius 2 is 2.18 bits per heavy atom. The number of amides is 2. The summed E-state index contributed by atoms with van der Waals surface area (Å²) < 4.78 is 7.37. The lowest BCUT2D eigenvalue weighted by Crippen LogP contribution is -2.41. The third-order valence-electron chi connectivity index (χ3n) is 4.21. The lowest BCUT2D eigenvalue weighted by molar-refractivity contribution is 0.0424. The molecule has 1 aliphatic heterocycles. The van der Waals surface area contributed by atoms with Gasteiger partial charge in [0.15, 0.2) is 0 Å². The highest BCUT2D eigenvalue weighted by molar-refractivity contribution is 6.03. The fraction of sp³-hybridized carbons (Fsp3) is 0.375. The van der Waals surface area contributed by atoms with Crippen LogP contribution in [0.2, 0.25) is 0 Å². The van der Waals surface area contributed by atoms with Crippen LogP contribution in [0.3, 0.4) is 0 Å². The van der Waals surface area contributed by atoms with Crippen LogP contribution in [0.1, 0.15) is 23.2 Å². The molecule has 6 nitrogen and oxygen atoms in total. The van der Waals surface area contributed by atoms with Crippen LogP contribution in [-0.2, 0) is 11.8 Å². The molecule has 0 saturated carbocycles. The van der Waals surface area contributed by atoms with Crippen molar-refractivity contribution in [2.75, 3.05) is 13.2 Å². The third-order valence-corrected chi connectivity index (χ3v) is 4.21. The van der Waals surface area contributed by atoms with Gasteiger partial charge in [-0.1, -0.05) is 6.07 Å². The first-order valence-corrected chi connectivity index (χ1v) is 7.35. The van der Waals surface area contributed by atoms with E-state index in [4.69, 9.17) is 10.5 Å². The number of benzene rings is 1. The molecule has 0 spiro atoms. The van der Waals surface area contributed by atoms with Gasteiger partial charge in [0.2, 0.25) is 0 Å². The van der Waals surface area contributed by atoms with Gasteiger partial charge in [-0.3, -0.25) is 0 Å². The number of ether oxygens (including phenoxy) is 1. The molecule has 116 valence electrons. The van der Waals surface area contributed by atoms with Gasteiger partial charge >= 0.3 is 12.0 Å². The Bertz CT molecular complexity index is 722. The molecule has 1 unspecified atom stereocenters. The Hall–Kier alpha value is -2.50. The van der Waals surface area contributed by atoms with E-state index in [9.17, 15) is 9.59 Å². The van der Waals surface area contributed by atoms with Gasteiger partial charge in [-0.15, -0.1) is 0 Å². The number of aromatic nitrogens is 1. The van der Waals surface area contributed by atoms with Crippen molar-refractivity contribution in [2.45, 2.75) is 18.9 Å². The second kappa shape index (κ2) is 5.71. The standard InChI is InChI=1S/C16H19N3O3/c1-18-9-7-12-13(5-2-6-14(12)18)15(20)22-10-11-4-3-8-19(11)16(17)21/h2,5-7,9,11H,3-4,8,10H2,1H3,(H2,17,21). The molecule has 1 atom stereocenters. The molecular formula is C16H19N3O3. The van der Waals surface area contributed by atoms with E-state index in [1.54, 1.807) is 11.0 Å². The van der Waals surface area contributed by atoms with Crippen molar-refractivity contribution in [3.05, 3.63) is 36.0 Å². The zero-order chi connectivity index (χ0) is 15.7. The van der Waals surface area contributed by atoms with Gasteiger partial charge in [0, 0.05) is 30.7 Å². The summed E-state index contributed by atoms with van der Waals surface area (Å²) in [6, 6.07) is 6.88. The lowest BCUT2D eigenvalue weighted by atomic mass is 10.1. The van der Waals surface area contributed by atoms with Crippen LogP contribution in [0.5, 0.6) is 0 Å². The maximum absolute atomic E-state index is 12.3. The zero-order valence-corrected chi connectivity index (χ0v) is 12.5. The van der Waals surface area contributed by atoms with Crippen LogP contribution in [0.4, 0.5) is 4.79 Å². The number of nitrogens with zero attached hydrogens (tertiary/aromatic N) is 2. The Morgan fingerprint density at radius 1 is 1.36 bits per heavy atom. The summed E-state index contributed by atoms with van der Waals surface area (Å²) in [4.78, 5) is 25.2. The number of likely N-dealkylation sites (tertiary alicyclic amines) is 1. The molecule has 1 aromatic carbocycles. The summed E-state index contributed by atoms with van der Waals surface area (Å²) in [7, 11) is 1.93. The van der Waals surface area contributed by atoms with E-state index in [2.05, 4.69) is 0 Å². The van der Waals surface area contributed by atoms with E-state index < -0.39 is 6.03 Å². The molecule has 1 aliphatic rings. The first kappa shape index (κ1) is 14.4. The first-order valence-electron chi connectivity index (χ1n) is 7.35. The number of hydrogen-bond donors (Lipinski definition) is 1. The smallest absolute Gasteiger partial charge is 0.338 e. The fourth-order valence-electron chi connectivity index (χ4n) is 3.03. The zero-order valence-electron chi connectivity index (χ0n) is 12.5. The summed E-state index contributed by atoms with van der Waals surface area (Å²) in [5.74, 6) is -0.367. The highest BCUT2D eigenvalue weighted by atomic mass is 16.5. The molecule has 1 saturated heterocycles. The van der Waals surface area contributed by atoms with Gasteiger partial charge in [0.25, 0.3) is 0 Å². The molecule has 0 aliphatic carbocycles. The molecule has 1 aromatic heterocycles. The van der Waals surface area contributed by atoms with E-state index in [-0.39, 0.29) is 18.6 Å². The predicted molar refractivity (Wildman–Crippen MR) is 82.5 cm³/mol. The maximum Gasteiger partial charge on any atom is 0.338 e. The number of aryl methyl sites for hydroxylation is 1. The highest BCUT2D eigenvalue weighted by Gasteiger charge is 2.28. The average molecular weight is 301 g/mol. The third kappa shape index (κ3) is 2.52. The second-order valence-electron chi connectivity index (χ2n) is 5.59. The van der Waals surface area contributed by atoms with Crippen LogP contribution < -0.4 is 5.73 Å². The highest BCUT2D eigenvalue weighted by Crippen LogP contribution is 2.21. The van der Waals surface area contributed by atoms with Gasteiger partial charge in [-0.25, -0.2) is 9.59 Å². The van der Waals surface area contributed by atoms with E-state index in [1.807, 2.05) is 36.0 Å². The quantitative estimate of drug-likeness (QED) is 0.879. The molecular weight excluding hydrogens is 282 g/mol. The van der Waals surface area contributed by atoms with Crippen molar-refractivity contribution in [1.29, 1.82) is 0 Å². The number of nitrogens with two attached hydrogens (primary N) is 1. The van der Waals surface area contributed by atoms with E-state index in [1.165, 1.54) is 0 Å². The van der Waals surface area contributed by atoms with E-state index in [0.29, 0.717) is 12.1 Å². The van der Waals surface area contributed by atoms with E-state index >= 15 is 0 Å². The summed E-state index contributed by atoms with van der Waals surface area (Å²) >= 11 is 0. The minimum atomic E-state index is -0.455. The van der Waals surface area contributed by atoms with Crippen LogP contribution in [0.25, 0.3) is 10.9 Å². The van der Waals surface area contributed by atoms with Crippen LogP contribution >= 0.6 is 0 Å². The van der Waals surface area contributed by atoms with Crippen molar-refractivity contribution >= 4 is 22.9 Å². The van der Waals surface area contributed by atoms with Crippen LogP contribution in [0, 0.1) is 0 Å². The molecule has 2 amide bonds. The SMILES string of the molecule is Cn1ccc2c(C(=O)OCC3CCCN3C(N)=O)cccc21. The van der Waals surface area contributed by atoms with Gasteiger partial charge in [-0.2, -0.15) is 0 Å². The van der Waals surface area contributed by atoms with Crippen LogP contribution in [-0.4, -0.2) is 40.7 Å². The number of primary amides is 1. The molecule has 0 bridgehead atoms. The first-order chi connectivity index (χ1) is 10.6. The van der Waals surface area contributed by atoms with Gasteiger partial charge < -0.3 is 19.9 Å². The number of fused-ring (bicyclic) bond motifs is 1. The summed E-state index contributed by atoms with van der Waals surface area (Å²) in [6.45, 7) is 0.816. The fourth-order valence-corrected chi connectivity index (χ4v) is 3.03. The molecule has 1 fully saturated rings. The molecule has 2 N–H and O–H groups in total. The van der Waals surface area contributed by atoms with Crippen molar-refractivity contribution in [3.8, 4) is 0 Å². The lowest BCUT2D eigenvalue weighted by Gasteiger charge is -2.22. The normalized spacial score (nSPS) is 17.9. The van der Waals surface area contributed by atoms with E-state index in [0.717, 1.165) is 23.7 Å². The molecule has 3 rings (SSSR count). The van der Waals surface area contributed by atoms with Gasteiger partial charge in [-0.05, 0) is 31.0 Å². The van der Waals surface area contributed by atoms with Crippen molar-refractivity contribution < 1.29 is 14.3 Å². The Labute approximate surface area is 128 Å². The average Bonchev–Trinajstić information content (AvgIpc) is 3.12. The van der Waals surface area contributed by atoms with Gasteiger partial charge in [0.1, 0.15) is 6.61 Å². The summed E-state index contributed by atoms with van der Waals surface area (Å²) in [6.07, 6.45) is 3.61. The number of rotatable bonds is 3. The maximum atomic E-state index is 12.3. The second-order valence-corrected chi connectivity index (χ2v) is 5.59. The largest absolute Gasteiger partial charge is 0.460 e. The van der Waals surface area contributed by atoms with Crippen molar-refractivity contribution in [3.63, 3.8) is 0 Å².